The molecule has 30 heavy (non-hydrogen) atoms. The highest BCUT2D eigenvalue weighted by atomic mass is 19.3. The number of aliphatic hydroxyl groups excluding tert-OH is 1. The number of hydrogen-bond acceptors (Lipinski definition) is 6. The molecule has 4 rings (SSSR count). The molecule has 3 aromatic heterocycles. The maximum absolute atomic E-state index is 15.1. The molecular weight excluding hydrogens is 399 g/mol. The summed E-state index contributed by atoms with van der Waals surface area (Å²) in [7, 11) is 0. The molecular formula is C19H18F3N7O. The smallest absolute Gasteiger partial charge is 0.333 e. The van der Waals surface area contributed by atoms with E-state index in [1.165, 1.54) is 10.7 Å². The Hall–Kier alpha value is -3.44. The minimum atomic E-state index is -3.60. The molecule has 5 N–H and O–H groups in total. The Bertz CT molecular complexity index is 1190. The van der Waals surface area contributed by atoms with Crippen molar-refractivity contribution < 1.29 is 18.3 Å². The van der Waals surface area contributed by atoms with E-state index in [2.05, 4.69) is 25.6 Å². The van der Waals surface area contributed by atoms with Crippen LogP contribution in [0, 0.1) is 12.7 Å². The highest BCUT2D eigenvalue weighted by Crippen LogP contribution is 2.35. The van der Waals surface area contributed by atoms with Crippen molar-refractivity contribution in [3.63, 3.8) is 0 Å². The third kappa shape index (κ3) is 3.60. The second-order valence-corrected chi connectivity index (χ2v) is 6.78. The number of fused-ring (bicyclic) bond motifs is 1. The van der Waals surface area contributed by atoms with Crippen LogP contribution in [0.3, 0.4) is 0 Å². The predicted octanol–water partition coefficient (Wildman–Crippen LogP) is 2.78. The molecule has 1 unspecified atom stereocenters. The number of anilines is 2. The number of H-pyrrole nitrogens is 1. The molecule has 0 aliphatic heterocycles. The molecule has 0 aliphatic rings. The molecule has 1 atom stereocenters. The predicted molar refractivity (Wildman–Crippen MR) is 103 cm³/mol. The van der Waals surface area contributed by atoms with Gasteiger partial charge >= 0.3 is 5.92 Å². The van der Waals surface area contributed by atoms with Crippen molar-refractivity contribution in [2.24, 2.45) is 5.73 Å². The molecule has 0 radical (unpaired) electrons. The van der Waals surface area contributed by atoms with Gasteiger partial charge in [0.05, 0.1) is 6.10 Å². The summed E-state index contributed by atoms with van der Waals surface area (Å²) >= 11 is 0. The molecule has 0 aliphatic carbocycles. The van der Waals surface area contributed by atoms with Crippen LogP contribution >= 0.6 is 0 Å². The van der Waals surface area contributed by atoms with Crippen LogP contribution in [-0.2, 0) is 5.92 Å². The van der Waals surface area contributed by atoms with Gasteiger partial charge in [-0.15, -0.1) is 5.10 Å². The number of rotatable bonds is 6. The number of alkyl halides is 2. The van der Waals surface area contributed by atoms with E-state index >= 15 is 8.78 Å². The lowest BCUT2D eigenvalue weighted by atomic mass is 10.1. The maximum atomic E-state index is 15.1. The van der Waals surface area contributed by atoms with Crippen molar-refractivity contribution in [1.29, 1.82) is 0 Å². The molecule has 4 aromatic rings. The Labute approximate surface area is 168 Å². The molecule has 0 spiro atoms. The van der Waals surface area contributed by atoms with Crippen LogP contribution in [0.2, 0.25) is 0 Å². The van der Waals surface area contributed by atoms with Crippen LogP contribution in [0.15, 0.2) is 42.6 Å². The second kappa shape index (κ2) is 7.43. The fourth-order valence-electron chi connectivity index (χ4n) is 2.95. The summed E-state index contributed by atoms with van der Waals surface area (Å²) in [6.07, 6.45) is 0.410. The first-order valence-corrected chi connectivity index (χ1v) is 8.99. The minimum Gasteiger partial charge on any atom is -0.387 e. The molecule has 3 heterocycles. The van der Waals surface area contributed by atoms with Crippen molar-refractivity contribution in [2.75, 3.05) is 11.9 Å². The zero-order valence-corrected chi connectivity index (χ0v) is 15.8. The van der Waals surface area contributed by atoms with E-state index in [4.69, 9.17) is 5.73 Å². The number of aryl methyl sites for hydroxylation is 1. The van der Waals surface area contributed by atoms with Gasteiger partial charge in [-0.25, -0.2) is 13.9 Å². The number of halogens is 3. The first-order chi connectivity index (χ1) is 14.3. The summed E-state index contributed by atoms with van der Waals surface area (Å²) < 4.78 is 44.6. The first kappa shape index (κ1) is 19.9. The van der Waals surface area contributed by atoms with Crippen molar-refractivity contribution in [2.45, 2.75) is 19.0 Å². The van der Waals surface area contributed by atoms with E-state index in [1.54, 1.807) is 19.1 Å². The van der Waals surface area contributed by atoms with Crippen molar-refractivity contribution >= 4 is 17.2 Å². The molecule has 8 nitrogen and oxygen atoms in total. The third-order valence-electron chi connectivity index (χ3n) is 4.53. The number of aliphatic hydroxyl groups is 1. The lowest BCUT2D eigenvalue weighted by molar-refractivity contribution is 0.0315. The topological polar surface area (TPSA) is 117 Å². The van der Waals surface area contributed by atoms with Crippen molar-refractivity contribution in [3.05, 3.63) is 71.1 Å². The average Bonchev–Trinajstić information content (AvgIpc) is 3.33. The van der Waals surface area contributed by atoms with E-state index in [0.717, 1.165) is 30.0 Å². The fourth-order valence-corrected chi connectivity index (χ4v) is 2.95. The molecule has 0 amide bonds. The van der Waals surface area contributed by atoms with E-state index in [9.17, 15) is 9.50 Å². The Morgan fingerprint density at radius 1 is 1.27 bits per heavy atom. The van der Waals surface area contributed by atoms with E-state index in [1.807, 2.05) is 0 Å². The fraction of sp³-hybridized carbons (Fsp3) is 0.211. The summed E-state index contributed by atoms with van der Waals surface area (Å²) in [5.74, 6) is -4.61. The number of aromatic amines is 1. The Balaban J connectivity index is 1.86. The van der Waals surface area contributed by atoms with Gasteiger partial charge < -0.3 is 16.2 Å². The first-order valence-electron chi connectivity index (χ1n) is 8.99. The highest BCUT2D eigenvalue weighted by molar-refractivity contribution is 5.73. The van der Waals surface area contributed by atoms with Gasteiger partial charge in [0.25, 0.3) is 0 Å². The molecule has 1 aromatic carbocycles. The standard InChI is InChI=1S/C19H18F3N7O/c1-10-6-16(27-26-10)24-17-14-7-11(15(30)8-23)9-29(14)28-18(25-17)19(21,22)12-2-4-13(20)5-3-12/h2-7,9,15,30H,8,23H2,1H3,(H2,24,25,26,27,28). The second-order valence-electron chi connectivity index (χ2n) is 6.78. The molecule has 11 heteroatoms. The molecule has 0 fully saturated rings. The van der Waals surface area contributed by atoms with Crippen LogP contribution < -0.4 is 11.1 Å². The largest absolute Gasteiger partial charge is 0.387 e. The van der Waals surface area contributed by atoms with Gasteiger partial charge in [-0.1, -0.05) is 0 Å². The van der Waals surface area contributed by atoms with E-state index in [-0.39, 0.29) is 12.4 Å². The Kier molecular flexibility index (Phi) is 4.92. The van der Waals surface area contributed by atoms with Gasteiger partial charge in [-0.3, -0.25) is 5.10 Å². The molecule has 0 saturated heterocycles. The monoisotopic (exact) mass is 417 g/mol. The number of nitrogens with one attached hydrogen (secondary N) is 2. The normalized spacial score (nSPS) is 13.0. The number of aromatic nitrogens is 5. The summed E-state index contributed by atoms with van der Waals surface area (Å²) in [5, 5.41) is 23.6. The highest BCUT2D eigenvalue weighted by Gasteiger charge is 2.39. The quantitative estimate of drug-likeness (QED) is 0.383. The maximum Gasteiger partial charge on any atom is 0.333 e. The van der Waals surface area contributed by atoms with Crippen LogP contribution in [-0.4, -0.2) is 36.4 Å². The SMILES string of the molecule is Cc1cc(Nc2nc(C(F)(F)c3ccc(F)cc3)nn3cc(C(O)CN)cc23)n[nH]1. The molecule has 156 valence electrons. The van der Waals surface area contributed by atoms with Gasteiger partial charge in [0.1, 0.15) is 11.3 Å². The zero-order valence-electron chi connectivity index (χ0n) is 15.8. The zero-order chi connectivity index (χ0) is 21.5. The number of benzene rings is 1. The van der Waals surface area contributed by atoms with Gasteiger partial charge in [-0.05, 0) is 37.3 Å². The van der Waals surface area contributed by atoms with Crippen molar-refractivity contribution in [1.82, 2.24) is 24.8 Å². The Morgan fingerprint density at radius 2 is 2.00 bits per heavy atom. The summed E-state index contributed by atoms with van der Waals surface area (Å²) in [5.41, 5.74) is 6.54. The van der Waals surface area contributed by atoms with Gasteiger partial charge in [0, 0.05) is 35.6 Å². The van der Waals surface area contributed by atoms with Gasteiger partial charge in [0.2, 0.25) is 5.82 Å². The van der Waals surface area contributed by atoms with Gasteiger partial charge in [-0.2, -0.15) is 13.9 Å². The van der Waals surface area contributed by atoms with E-state index in [0.29, 0.717) is 16.9 Å². The third-order valence-corrected chi connectivity index (χ3v) is 4.53. The van der Waals surface area contributed by atoms with Crippen LogP contribution in [0.5, 0.6) is 0 Å². The number of nitrogens with zero attached hydrogens (tertiary/aromatic N) is 4. The summed E-state index contributed by atoms with van der Waals surface area (Å²) in [6.45, 7) is 1.74. The lowest BCUT2D eigenvalue weighted by Gasteiger charge is -2.16. The number of hydrogen-bond donors (Lipinski definition) is 4. The van der Waals surface area contributed by atoms with Crippen molar-refractivity contribution in [3.8, 4) is 0 Å². The van der Waals surface area contributed by atoms with Gasteiger partial charge in [0.15, 0.2) is 11.6 Å². The van der Waals surface area contributed by atoms with Crippen LogP contribution in [0.4, 0.5) is 24.8 Å². The minimum absolute atomic E-state index is 0.0514. The average molecular weight is 417 g/mol. The summed E-state index contributed by atoms with van der Waals surface area (Å²) in [4.78, 5) is 4.02. The summed E-state index contributed by atoms with van der Waals surface area (Å²) in [6, 6.07) is 7.07. The molecule has 0 saturated carbocycles. The molecule has 0 bridgehead atoms. The Morgan fingerprint density at radius 3 is 2.63 bits per heavy atom. The van der Waals surface area contributed by atoms with Crippen LogP contribution in [0.25, 0.3) is 5.52 Å². The van der Waals surface area contributed by atoms with Crippen LogP contribution in [0.1, 0.15) is 28.7 Å². The van der Waals surface area contributed by atoms with E-state index < -0.39 is 29.2 Å². The number of nitrogens with two attached hydrogens (primary N) is 1. The lowest BCUT2D eigenvalue weighted by Crippen LogP contribution is -2.21.